The zero-order valence-corrected chi connectivity index (χ0v) is 17.0. The maximum Gasteiger partial charge on any atom is 0.410 e. The van der Waals surface area contributed by atoms with Gasteiger partial charge in [0.2, 0.25) is 0 Å². The summed E-state index contributed by atoms with van der Waals surface area (Å²) in [7, 11) is 0. The van der Waals surface area contributed by atoms with Crippen LogP contribution in [-0.4, -0.2) is 57.6 Å². The SMILES string of the molecule is Cc1ccc(CN2CCN(C(=O)OC(C)(C)C)CC2)c(Oc2cncnc2)c1. The summed E-state index contributed by atoms with van der Waals surface area (Å²) in [5.41, 5.74) is 1.76. The predicted octanol–water partition coefficient (Wildman–Crippen LogP) is 3.63. The molecule has 28 heavy (non-hydrogen) atoms. The van der Waals surface area contributed by atoms with Crippen LogP contribution >= 0.6 is 0 Å². The van der Waals surface area contributed by atoms with Gasteiger partial charge in [-0.05, 0) is 39.3 Å². The van der Waals surface area contributed by atoms with Gasteiger partial charge in [-0.2, -0.15) is 0 Å². The van der Waals surface area contributed by atoms with E-state index in [1.807, 2.05) is 33.8 Å². The summed E-state index contributed by atoms with van der Waals surface area (Å²) in [6.45, 7) is 11.4. The average Bonchev–Trinajstić information content (AvgIpc) is 2.64. The highest BCUT2D eigenvalue weighted by Gasteiger charge is 2.26. The topological polar surface area (TPSA) is 67.8 Å². The van der Waals surface area contributed by atoms with Crippen LogP contribution in [0.3, 0.4) is 0 Å². The smallest absolute Gasteiger partial charge is 0.410 e. The second kappa shape index (κ2) is 8.56. The summed E-state index contributed by atoms with van der Waals surface area (Å²) >= 11 is 0. The summed E-state index contributed by atoms with van der Waals surface area (Å²) in [4.78, 5) is 24.3. The predicted molar refractivity (Wildman–Crippen MR) is 106 cm³/mol. The van der Waals surface area contributed by atoms with Crippen molar-refractivity contribution < 1.29 is 14.3 Å². The molecule has 0 saturated carbocycles. The first kappa shape index (κ1) is 20.1. The van der Waals surface area contributed by atoms with Gasteiger partial charge in [-0.15, -0.1) is 0 Å². The highest BCUT2D eigenvalue weighted by atomic mass is 16.6. The summed E-state index contributed by atoms with van der Waals surface area (Å²) in [6.07, 6.45) is 4.54. The van der Waals surface area contributed by atoms with Gasteiger partial charge in [-0.25, -0.2) is 14.8 Å². The Kier molecular flexibility index (Phi) is 6.14. The zero-order valence-electron chi connectivity index (χ0n) is 17.0. The molecule has 3 rings (SSSR count). The fourth-order valence-corrected chi connectivity index (χ4v) is 3.01. The lowest BCUT2D eigenvalue weighted by atomic mass is 10.1. The van der Waals surface area contributed by atoms with Crippen molar-refractivity contribution in [1.29, 1.82) is 0 Å². The lowest BCUT2D eigenvalue weighted by Crippen LogP contribution is -2.49. The molecule has 1 aromatic heterocycles. The number of rotatable bonds is 4. The molecule has 1 aromatic carbocycles. The third-order valence-electron chi connectivity index (χ3n) is 4.41. The van der Waals surface area contributed by atoms with Crippen molar-refractivity contribution in [2.24, 2.45) is 0 Å². The minimum Gasteiger partial charge on any atom is -0.454 e. The van der Waals surface area contributed by atoms with E-state index in [-0.39, 0.29) is 6.09 Å². The van der Waals surface area contributed by atoms with Crippen molar-refractivity contribution in [1.82, 2.24) is 19.8 Å². The van der Waals surface area contributed by atoms with Crippen LogP contribution in [0.4, 0.5) is 4.79 Å². The normalized spacial score (nSPS) is 15.4. The number of hydrogen-bond acceptors (Lipinski definition) is 6. The molecule has 7 heteroatoms. The fourth-order valence-electron chi connectivity index (χ4n) is 3.01. The molecule has 0 bridgehead atoms. The van der Waals surface area contributed by atoms with Crippen LogP contribution in [0.2, 0.25) is 0 Å². The Labute approximate surface area is 166 Å². The summed E-state index contributed by atoms with van der Waals surface area (Å²) in [5.74, 6) is 1.42. The van der Waals surface area contributed by atoms with Gasteiger partial charge in [-0.3, -0.25) is 4.90 Å². The van der Waals surface area contributed by atoms with Gasteiger partial charge in [0.05, 0.1) is 12.4 Å². The molecule has 1 aliphatic heterocycles. The number of nitrogens with zero attached hydrogens (tertiary/aromatic N) is 4. The second-order valence-electron chi connectivity index (χ2n) is 8.03. The van der Waals surface area contributed by atoms with E-state index < -0.39 is 5.60 Å². The third-order valence-corrected chi connectivity index (χ3v) is 4.41. The average molecular weight is 384 g/mol. The van der Waals surface area contributed by atoms with Crippen LogP contribution in [0, 0.1) is 6.92 Å². The highest BCUT2D eigenvalue weighted by molar-refractivity contribution is 5.68. The number of aromatic nitrogens is 2. The van der Waals surface area contributed by atoms with E-state index in [9.17, 15) is 4.79 Å². The van der Waals surface area contributed by atoms with Crippen LogP contribution < -0.4 is 4.74 Å². The van der Waals surface area contributed by atoms with E-state index in [0.29, 0.717) is 18.8 Å². The molecule has 0 spiro atoms. The maximum absolute atomic E-state index is 12.2. The minimum absolute atomic E-state index is 0.240. The van der Waals surface area contributed by atoms with Crippen LogP contribution in [0.25, 0.3) is 0 Å². The molecule has 0 radical (unpaired) electrons. The van der Waals surface area contributed by atoms with Gasteiger partial charge >= 0.3 is 6.09 Å². The van der Waals surface area contributed by atoms with Crippen molar-refractivity contribution in [3.63, 3.8) is 0 Å². The fraction of sp³-hybridized carbons (Fsp3) is 0.476. The number of carbonyl (C=O) groups excluding carboxylic acids is 1. The third kappa shape index (κ3) is 5.66. The van der Waals surface area contributed by atoms with Crippen molar-refractivity contribution in [2.75, 3.05) is 26.2 Å². The van der Waals surface area contributed by atoms with Crippen LogP contribution in [0.1, 0.15) is 31.9 Å². The van der Waals surface area contributed by atoms with E-state index in [1.165, 1.54) is 6.33 Å². The first-order chi connectivity index (χ1) is 13.3. The molecule has 0 unspecified atom stereocenters. The van der Waals surface area contributed by atoms with Crippen molar-refractivity contribution in [3.8, 4) is 11.5 Å². The van der Waals surface area contributed by atoms with Gasteiger partial charge in [0.25, 0.3) is 0 Å². The van der Waals surface area contributed by atoms with E-state index in [1.54, 1.807) is 17.3 Å². The molecule has 0 atom stereocenters. The quantitative estimate of drug-likeness (QED) is 0.802. The Morgan fingerprint density at radius 2 is 1.79 bits per heavy atom. The van der Waals surface area contributed by atoms with Gasteiger partial charge in [-0.1, -0.05) is 12.1 Å². The molecular weight excluding hydrogens is 356 g/mol. The molecule has 1 amide bonds. The van der Waals surface area contributed by atoms with E-state index in [0.717, 1.165) is 36.5 Å². The number of amides is 1. The Hall–Kier alpha value is -2.67. The first-order valence-corrected chi connectivity index (χ1v) is 9.53. The Morgan fingerprint density at radius 1 is 1.11 bits per heavy atom. The van der Waals surface area contributed by atoms with Gasteiger partial charge in [0.1, 0.15) is 17.7 Å². The number of aryl methyl sites for hydroxylation is 1. The molecule has 2 aromatic rings. The molecule has 1 fully saturated rings. The lowest BCUT2D eigenvalue weighted by molar-refractivity contribution is 0.0138. The molecule has 1 aliphatic rings. The lowest BCUT2D eigenvalue weighted by Gasteiger charge is -2.35. The molecule has 1 saturated heterocycles. The maximum atomic E-state index is 12.2. The first-order valence-electron chi connectivity index (χ1n) is 9.53. The Balaban J connectivity index is 1.61. The summed E-state index contributed by atoms with van der Waals surface area (Å²) in [6, 6.07) is 6.20. The summed E-state index contributed by atoms with van der Waals surface area (Å²) in [5, 5.41) is 0. The zero-order chi connectivity index (χ0) is 20.1. The van der Waals surface area contributed by atoms with Gasteiger partial charge in [0, 0.05) is 38.3 Å². The number of hydrogen-bond donors (Lipinski definition) is 0. The molecule has 2 heterocycles. The largest absolute Gasteiger partial charge is 0.454 e. The van der Waals surface area contributed by atoms with Crippen LogP contribution in [0.15, 0.2) is 36.9 Å². The number of ether oxygens (including phenoxy) is 2. The van der Waals surface area contributed by atoms with Gasteiger partial charge in [0.15, 0.2) is 5.75 Å². The molecule has 0 N–H and O–H groups in total. The number of carbonyl (C=O) groups is 1. The Bertz CT molecular complexity index is 797. The summed E-state index contributed by atoms with van der Waals surface area (Å²) < 4.78 is 11.5. The van der Waals surface area contributed by atoms with Crippen LogP contribution in [0.5, 0.6) is 11.5 Å². The molecule has 150 valence electrons. The van der Waals surface area contributed by atoms with E-state index in [4.69, 9.17) is 9.47 Å². The minimum atomic E-state index is -0.469. The highest BCUT2D eigenvalue weighted by Crippen LogP contribution is 2.27. The van der Waals surface area contributed by atoms with Crippen molar-refractivity contribution >= 4 is 6.09 Å². The molecule has 7 nitrogen and oxygen atoms in total. The van der Waals surface area contributed by atoms with Crippen molar-refractivity contribution in [3.05, 3.63) is 48.0 Å². The van der Waals surface area contributed by atoms with Gasteiger partial charge < -0.3 is 14.4 Å². The standard InChI is InChI=1S/C21H28N4O3/c1-16-5-6-17(19(11-16)27-18-12-22-15-23-13-18)14-24-7-9-25(10-8-24)20(26)28-21(2,3)4/h5-6,11-13,15H,7-10,14H2,1-4H3. The monoisotopic (exact) mass is 384 g/mol. The molecular formula is C21H28N4O3. The van der Waals surface area contributed by atoms with Crippen LogP contribution in [-0.2, 0) is 11.3 Å². The van der Waals surface area contributed by atoms with E-state index in [2.05, 4.69) is 27.0 Å². The second-order valence-corrected chi connectivity index (χ2v) is 8.03. The van der Waals surface area contributed by atoms with E-state index >= 15 is 0 Å². The Morgan fingerprint density at radius 3 is 2.43 bits per heavy atom. The number of benzene rings is 1. The molecule has 0 aliphatic carbocycles. The number of piperazine rings is 1. The van der Waals surface area contributed by atoms with Crippen molar-refractivity contribution in [2.45, 2.75) is 39.8 Å².